The first-order chi connectivity index (χ1) is 10.2. The lowest BCUT2D eigenvalue weighted by Gasteiger charge is -2.48. The molecule has 1 aromatic carbocycles. The smallest absolute Gasteiger partial charge is 0.0973 e. The molecule has 132 valence electrons. The van der Waals surface area contributed by atoms with Gasteiger partial charge in [0.25, 0.3) is 0 Å². The molecule has 5 heteroatoms. The number of piperazine rings is 1. The number of rotatable bonds is 7. The Morgan fingerprint density at radius 2 is 1.87 bits per heavy atom. The van der Waals surface area contributed by atoms with Gasteiger partial charge in [0.05, 0.1) is 32.3 Å². The lowest BCUT2D eigenvalue weighted by molar-refractivity contribution is -0.948. The van der Waals surface area contributed by atoms with Crippen LogP contribution >= 0.6 is 17.0 Å². The van der Waals surface area contributed by atoms with Crippen LogP contribution in [0.25, 0.3) is 0 Å². The van der Waals surface area contributed by atoms with E-state index in [0.29, 0.717) is 6.04 Å². The van der Waals surface area contributed by atoms with Crippen LogP contribution in [0.4, 0.5) is 0 Å². The number of halogens is 2. The van der Waals surface area contributed by atoms with Crippen molar-refractivity contribution in [3.05, 3.63) is 48.6 Å². The largest absolute Gasteiger partial charge is 1.00 e. The molecule has 1 saturated heterocycles. The van der Waals surface area contributed by atoms with E-state index in [9.17, 15) is 0 Å². The van der Waals surface area contributed by atoms with Crippen molar-refractivity contribution in [2.24, 2.45) is 0 Å². The van der Waals surface area contributed by atoms with Gasteiger partial charge in [0, 0.05) is 26.1 Å². The summed E-state index contributed by atoms with van der Waals surface area (Å²) in [6.07, 6.45) is 3.19. The summed E-state index contributed by atoms with van der Waals surface area (Å²) in [5.74, 6) is 0. The number of β-amino-alcohol motifs (C(OH)–C–C–N with tert-alkyl or cyclic N) is 1. The highest BCUT2D eigenvalue weighted by atomic mass is 79.9. The molecule has 1 aliphatic heterocycles. The molecule has 1 atom stereocenters. The van der Waals surface area contributed by atoms with Crippen molar-refractivity contribution in [2.75, 3.05) is 45.9 Å². The van der Waals surface area contributed by atoms with Crippen LogP contribution in [0.15, 0.2) is 43.0 Å². The zero-order valence-corrected chi connectivity index (χ0v) is 17.3. The molecule has 0 spiro atoms. The highest BCUT2D eigenvalue weighted by Crippen LogP contribution is 2.21. The molecule has 3 nitrogen and oxygen atoms in total. The van der Waals surface area contributed by atoms with Crippen LogP contribution in [-0.4, -0.2) is 66.4 Å². The number of aliphatic hydroxyl groups excluding tert-OH is 1. The number of hydrogen-bond donors (Lipinski definition) is 1. The summed E-state index contributed by atoms with van der Waals surface area (Å²) in [7, 11) is 0. The average Bonchev–Trinajstić information content (AvgIpc) is 2.51. The van der Waals surface area contributed by atoms with Crippen molar-refractivity contribution in [1.29, 1.82) is 0 Å². The summed E-state index contributed by atoms with van der Waals surface area (Å²) < 4.78 is 1.13. The van der Waals surface area contributed by atoms with Gasteiger partial charge in [-0.3, -0.25) is 4.90 Å². The normalized spacial score (nSPS) is 18.3. The van der Waals surface area contributed by atoms with Crippen molar-refractivity contribution in [1.82, 2.24) is 4.90 Å². The second-order valence-corrected chi connectivity index (χ2v) is 6.24. The maximum atomic E-state index is 9.09. The molecule has 1 heterocycles. The minimum Gasteiger partial charge on any atom is -1.00 e. The molecule has 0 bridgehead atoms. The molecule has 2 rings (SSSR count). The summed E-state index contributed by atoms with van der Waals surface area (Å²) >= 11 is 0. The van der Waals surface area contributed by atoms with Crippen molar-refractivity contribution in [3.63, 3.8) is 0 Å². The summed E-state index contributed by atoms with van der Waals surface area (Å²) in [4.78, 5) is 2.37. The van der Waals surface area contributed by atoms with Gasteiger partial charge in [-0.15, -0.1) is 17.0 Å². The van der Waals surface area contributed by atoms with E-state index in [-0.39, 0.29) is 40.6 Å². The van der Waals surface area contributed by atoms with Gasteiger partial charge in [-0.05, 0) is 18.6 Å². The Morgan fingerprint density at radius 1 is 1.26 bits per heavy atom. The monoisotopic (exact) mass is 448 g/mol. The van der Waals surface area contributed by atoms with Gasteiger partial charge in [0.1, 0.15) is 0 Å². The first-order valence-electron chi connectivity index (χ1n) is 8.04. The van der Waals surface area contributed by atoms with Gasteiger partial charge in [-0.25, -0.2) is 0 Å². The van der Waals surface area contributed by atoms with Crippen molar-refractivity contribution >= 4 is 17.0 Å². The van der Waals surface area contributed by atoms with Crippen LogP contribution in [0.3, 0.4) is 0 Å². The number of benzene rings is 1. The number of nitrogens with zero attached hydrogens (tertiary/aromatic N) is 2. The van der Waals surface area contributed by atoms with Crippen molar-refractivity contribution < 1.29 is 26.6 Å². The molecule has 0 aliphatic carbocycles. The fourth-order valence-electron chi connectivity index (χ4n) is 3.48. The van der Waals surface area contributed by atoms with Crippen LogP contribution in [0.1, 0.15) is 12.5 Å². The second kappa shape index (κ2) is 11.4. The fourth-order valence-corrected chi connectivity index (χ4v) is 3.48. The predicted molar refractivity (Wildman–Crippen MR) is 98.5 cm³/mol. The van der Waals surface area contributed by atoms with Gasteiger partial charge in [-0.2, -0.15) is 0 Å². The van der Waals surface area contributed by atoms with E-state index in [1.165, 1.54) is 5.56 Å². The van der Waals surface area contributed by atoms with E-state index in [1.807, 2.05) is 0 Å². The van der Waals surface area contributed by atoms with Gasteiger partial charge in [0.2, 0.25) is 0 Å². The quantitative estimate of drug-likeness (QED) is 0.448. The van der Waals surface area contributed by atoms with E-state index in [2.05, 4.69) is 54.8 Å². The summed E-state index contributed by atoms with van der Waals surface area (Å²) in [5.41, 5.74) is 1.42. The summed E-state index contributed by atoms with van der Waals surface area (Å²) in [6.45, 7) is 12.9. The Bertz CT molecular complexity index is 434. The highest BCUT2D eigenvalue weighted by molar-refractivity contribution is 8.93. The lowest BCUT2D eigenvalue weighted by atomic mass is 10.0. The highest BCUT2D eigenvalue weighted by Gasteiger charge is 2.36. The third-order valence-electron chi connectivity index (χ3n) is 4.94. The maximum absolute atomic E-state index is 9.09. The van der Waals surface area contributed by atoms with E-state index in [4.69, 9.17) is 5.11 Å². The van der Waals surface area contributed by atoms with E-state index in [0.717, 1.165) is 50.2 Å². The standard InChI is InChI=1S/C18H29N2O.2BrH/c1-3-12-20(13-9-19(10-14-20)11-15-21)17(2)16-18-7-5-4-6-8-18;;/h3-8,17,21H,1,9-16H2,2H3;2*1H/q+1;;/p-1. The Balaban J connectivity index is 0.00000242. The number of hydrogen-bond acceptors (Lipinski definition) is 2. The Labute approximate surface area is 162 Å². The lowest BCUT2D eigenvalue weighted by Crippen LogP contribution is -3.00. The Kier molecular flexibility index (Phi) is 11.3. The van der Waals surface area contributed by atoms with Gasteiger partial charge >= 0.3 is 0 Å². The van der Waals surface area contributed by atoms with E-state index < -0.39 is 0 Å². The molecule has 0 amide bonds. The molecule has 23 heavy (non-hydrogen) atoms. The Morgan fingerprint density at radius 3 is 2.39 bits per heavy atom. The van der Waals surface area contributed by atoms with Crippen LogP contribution in [-0.2, 0) is 6.42 Å². The first kappa shape index (κ1) is 22.8. The fraction of sp³-hybridized carbons (Fsp3) is 0.556. The third-order valence-corrected chi connectivity index (χ3v) is 4.94. The SMILES string of the molecule is Br.C=CC[N+]1(C(C)Cc2ccccc2)CCN(CCO)CC1.[Br-]. The van der Waals surface area contributed by atoms with E-state index >= 15 is 0 Å². The van der Waals surface area contributed by atoms with Gasteiger partial charge in [0.15, 0.2) is 0 Å². The van der Waals surface area contributed by atoms with Gasteiger partial charge < -0.3 is 26.6 Å². The maximum Gasteiger partial charge on any atom is 0.0973 e. The molecular weight excluding hydrogens is 420 g/mol. The average molecular weight is 450 g/mol. The summed E-state index contributed by atoms with van der Waals surface area (Å²) in [6, 6.07) is 11.4. The zero-order valence-electron chi connectivity index (χ0n) is 14.0. The molecule has 1 unspecified atom stereocenters. The van der Waals surface area contributed by atoms with Crippen LogP contribution in [0, 0.1) is 0 Å². The van der Waals surface area contributed by atoms with Gasteiger partial charge in [-0.1, -0.05) is 36.9 Å². The third kappa shape index (κ3) is 6.31. The minimum atomic E-state index is 0. The van der Waals surface area contributed by atoms with Crippen molar-refractivity contribution in [3.8, 4) is 0 Å². The predicted octanol–water partition coefficient (Wildman–Crippen LogP) is -0.490. The molecule has 0 aromatic heterocycles. The molecular formula is C18H30Br2N2O. The summed E-state index contributed by atoms with van der Waals surface area (Å²) in [5, 5.41) is 9.09. The zero-order chi connectivity index (χ0) is 15.1. The molecule has 1 fully saturated rings. The minimum absolute atomic E-state index is 0. The van der Waals surface area contributed by atoms with Crippen LogP contribution in [0.2, 0.25) is 0 Å². The molecule has 1 aliphatic rings. The molecule has 0 saturated carbocycles. The van der Waals surface area contributed by atoms with Crippen molar-refractivity contribution in [2.45, 2.75) is 19.4 Å². The number of quaternary nitrogens is 1. The molecule has 0 radical (unpaired) electrons. The van der Waals surface area contributed by atoms with E-state index in [1.54, 1.807) is 0 Å². The topological polar surface area (TPSA) is 23.5 Å². The molecule has 1 N–H and O–H groups in total. The number of aliphatic hydroxyl groups is 1. The Hall–Kier alpha value is -0.200. The molecule has 1 aromatic rings. The first-order valence-corrected chi connectivity index (χ1v) is 8.04. The van der Waals surface area contributed by atoms with Crippen LogP contribution < -0.4 is 17.0 Å². The van der Waals surface area contributed by atoms with Crippen LogP contribution in [0.5, 0.6) is 0 Å². The second-order valence-electron chi connectivity index (χ2n) is 6.24.